The smallest absolute Gasteiger partial charge is 0.293 e. The van der Waals surface area contributed by atoms with E-state index in [1.807, 2.05) is 31.2 Å². The van der Waals surface area contributed by atoms with Crippen LogP contribution in [0.3, 0.4) is 0 Å². The minimum Gasteiger partial charge on any atom is -0.454 e. The van der Waals surface area contributed by atoms with Crippen LogP contribution in [-0.2, 0) is 13.1 Å². The van der Waals surface area contributed by atoms with Crippen LogP contribution in [0.25, 0.3) is 0 Å². The number of aromatic nitrogens is 5. The lowest BCUT2D eigenvalue weighted by atomic mass is 10.1. The van der Waals surface area contributed by atoms with E-state index in [1.54, 1.807) is 4.68 Å². The van der Waals surface area contributed by atoms with Crippen LogP contribution >= 0.6 is 0 Å². The fourth-order valence-corrected chi connectivity index (χ4v) is 3.18. The summed E-state index contributed by atoms with van der Waals surface area (Å²) in [5, 5.41) is 10.2. The summed E-state index contributed by atoms with van der Waals surface area (Å²) < 4.78 is 59.5. The number of nitrogens with one attached hydrogen (secondary N) is 1. The maximum absolute atomic E-state index is 13.1. The van der Waals surface area contributed by atoms with Gasteiger partial charge in [0, 0.05) is 0 Å². The Morgan fingerprint density at radius 1 is 1.06 bits per heavy atom. The Hall–Kier alpha value is -3.96. The molecular weight excluding hydrogens is 444 g/mol. The summed E-state index contributed by atoms with van der Waals surface area (Å²) in [5.74, 6) is -0.639. The Labute approximate surface area is 184 Å². The summed E-state index contributed by atoms with van der Waals surface area (Å²) in [5.41, 5.74) is 0.694. The van der Waals surface area contributed by atoms with Gasteiger partial charge in [-0.05, 0) is 30.7 Å². The van der Waals surface area contributed by atoms with E-state index in [1.165, 1.54) is 18.5 Å². The van der Waals surface area contributed by atoms with E-state index in [0.717, 1.165) is 15.8 Å². The second-order valence-electron chi connectivity index (χ2n) is 7.23. The van der Waals surface area contributed by atoms with Crippen molar-refractivity contribution in [2.24, 2.45) is 0 Å². The van der Waals surface area contributed by atoms with Crippen molar-refractivity contribution >= 4 is 11.9 Å². The first-order chi connectivity index (χ1) is 15.8. The number of nitrogens with zero attached hydrogens (tertiary/aromatic N) is 5. The molecule has 12 heteroatoms. The molecule has 0 saturated heterocycles. The van der Waals surface area contributed by atoms with Gasteiger partial charge in [-0.1, -0.05) is 29.8 Å². The summed E-state index contributed by atoms with van der Waals surface area (Å²) in [6, 6.07) is 11.2. The highest BCUT2D eigenvalue weighted by Gasteiger charge is 2.22. The molecule has 0 aliphatic carbocycles. The van der Waals surface area contributed by atoms with E-state index in [4.69, 9.17) is 4.42 Å². The number of hydrogen-bond acceptors (Lipinski definition) is 5. The number of anilines is 1. The van der Waals surface area contributed by atoms with Crippen LogP contribution in [0.5, 0.6) is 0 Å². The fourth-order valence-electron chi connectivity index (χ4n) is 3.18. The highest BCUT2D eigenvalue weighted by molar-refractivity contribution is 6.01. The van der Waals surface area contributed by atoms with Crippen molar-refractivity contribution in [3.8, 4) is 0 Å². The third-order valence-corrected chi connectivity index (χ3v) is 4.66. The van der Waals surface area contributed by atoms with Gasteiger partial charge >= 0.3 is 0 Å². The molecule has 1 amide bonds. The number of benzene rings is 1. The molecule has 0 fully saturated rings. The summed E-state index contributed by atoms with van der Waals surface area (Å²) >= 11 is 0. The van der Waals surface area contributed by atoms with Crippen molar-refractivity contribution in [2.75, 3.05) is 5.32 Å². The molecule has 172 valence electrons. The molecule has 0 spiro atoms. The number of halogens is 4. The molecule has 4 rings (SSSR count). The van der Waals surface area contributed by atoms with E-state index < -0.39 is 30.1 Å². The first kappa shape index (κ1) is 22.2. The van der Waals surface area contributed by atoms with Crippen molar-refractivity contribution in [2.45, 2.75) is 32.9 Å². The van der Waals surface area contributed by atoms with Gasteiger partial charge in [0.05, 0.1) is 13.1 Å². The maximum Gasteiger partial charge on any atom is 0.293 e. The average Bonchev–Trinajstić information content (AvgIpc) is 3.48. The third kappa shape index (κ3) is 5.27. The second-order valence-corrected chi connectivity index (χ2v) is 7.23. The predicted octanol–water partition coefficient (Wildman–Crippen LogP) is 4.60. The lowest BCUT2D eigenvalue weighted by molar-refractivity contribution is 0.0993. The van der Waals surface area contributed by atoms with Crippen LogP contribution in [-0.4, -0.2) is 30.5 Å². The van der Waals surface area contributed by atoms with E-state index >= 15 is 0 Å². The van der Waals surface area contributed by atoms with E-state index in [0.29, 0.717) is 12.6 Å². The maximum atomic E-state index is 13.1. The minimum atomic E-state index is -3.00. The molecule has 8 nitrogen and oxygen atoms in total. The van der Waals surface area contributed by atoms with Crippen LogP contribution in [0.4, 0.5) is 23.5 Å². The van der Waals surface area contributed by atoms with Crippen LogP contribution in [0.2, 0.25) is 0 Å². The largest absolute Gasteiger partial charge is 0.454 e. The van der Waals surface area contributed by atoms with Crippen molar-refractivity contribution in [3.05, 3.63) is 82.8 Å². The molecule has 0 atom stereocenters. The van der Waals surface area contributed by atoms with Crippen LogP contribution in [0.1, 0.15) is 51.7 Å². The minimum absolute atomic E-state index is 0.0549. The molecular formula is C21H18F4N6O2. The highest BCUT2D eigenvalue weighted by atomic mass is 19.3. The quantitative estimate of drug-likeness (QED) is 0.387. The Bertz CT molecular complexity index is 1260. The Kier molecular flexibility index (Phi) is 6.24. The average molecular weight is 462 g/mol. The molecule has 0 saturated carbocycles. The number of amides is 1. The number of carbonyl (C=O) groups is 1. The van der Waals surface area contributed by atoms with E-state index in [9.17, 15) is 22.4 Å². The predicted molar refractivity (Wildman–Crippen MR) is 108 cm³/mol. The van der Waals surface area contributed by atoms with Gasteiger partial charge in [-0.2, -0.15) is 5.10 Å². The monoisotopic (exact) mass is 462 g/mol. The summed E-state index contributed by atoms with van der Waals surface area (Å²) in [7, 11) is 0. The SMILES string of the molecule is Cc1cccc(Cn2cnc(NC(=O)c3ccc(Cn4nc(C(F)F)cc4C(F)F)o3)n2)c1. The first-order valence-electron chi connectivity index (χ1n) is 9.77. The lowest BCUT2D eigenvalue weighted by Gasteiger charge is -2.04. The van der Waals surface area contributed by atoms with E-state index in [2.05, 4.69) is 20.5 Å². The second kappa shape index (κ2) is 9.27. The van der Waals surface area contributed by atoms with Crippen LogP contribution in [0.15, 0.2) is 53.2 Å². The van der Waals surface area contributed by atoms with Crippen molar-refractivity contribution < 1.29 is 26.8 Å². The number of rotatable bonds is 8. The number of hydrogen-bond donors (Lipinski definition) is 1. The van der Waals surface area contributed by atoms with Gasteiger partial charge in [0.15, 0.2) is 5.76 Å². The number of alkyl halides is 4. The summed E-state index contributed by atoms with van der Waals surface area (Å²) in [4.78, 5) is 16.5. The zero-order valence-corrected chi connectivity index (χ0v) is 17.3. The Balaban J connectivity index is 1.41. The molecule has 1 N–H and O–H groups in total. The van der Waals surface area contributed by atoms with Gasteiger partial charge in [-0.25, -0.2) is 27.2 Å². The highest BCUT2D eigenvalue weighted by Crippen LogP contribution is 2.26. The van der Waals surface area contributed by atoms with Gasteiger partial charge in [0.2, 0.25) is 5.95 Å². The molecule has 0 aliphatic heterocycles. The van der Waals surface area contributed by atoms with Gasteiger partial charge in [0.25, 0.3) is 18.8 Å². The molecule has 4 aromatic rings. The molecule has 3 heterocycles. The van der Waals surface area contributed by atoms with Crippen molar-refractivity contribution in [1.82, 2.24) is 24.5 Å². The van der Waals surface area contributed by atoms with Crippen LogP contribution in [0, 0.1) is 6.92 Å². The van der Waals surface area contributed by atoms with Crippen molar-refractivity contribution in [3.63, 3.8) is 0 Å². The van der Waals surface area contributed by atoms with Gasteiger partial charge in [0.1, 0.15) is 23.5 Å². The Morgan fingerprint density at radius 2 is 1.88 bits per heavy atom. The molecule has 33 heavy (non-hydrogen) atoms. The number of aryl methyl sites for hydroxylation is 1. The van der Waals surface area contributed by atoms with Crippen LogP contribution < -0.4 is 5.32 Å². The zero-order chi connectivity index (χ0) is 23.5. The zero-order valence-electron chi connectivity index (χ0n) is 17.3. The third-order valence-electron chi connectivity index (χ3n) is 4.66. The summed E-state index contributed by atoms with van der Waals surface area (Å²) in [6.45, 7) is 2.10. The summed E-state index contributed by atoms with van der Waals surface area (Å²) in [6.07, 6.45) is -4.51. The molecule has 0 bridgehead atoms. The van der Waals surface area contributed by atoms with Gasteiger partial charge in [-0.15, -0.1) is 5.10 Å². The van der Waals surface area contributed by atoms with Gasteiger partial charge in [-0.3, -0.25) is 14.8 Å². The molecule has 0 unspecified atom stereocenters. The standard InChI is InChI=1S/C21H18F4N6O2/c1-12-3-2-4-13(7-12)9-30-11-26-21(29-30)27-20(32)17-6-5-14(33-17)10-31-16(19(24)25)8-15(28-31)18(22)23/h2-8,11,18-19H,9-10H2,1H3,(H,27,29,32). The van der Waals surface area contributed by atoms with E-state index in [-0.39, 0.29) is 24.0 Å². The topological polar surface area (TPSA) is 90.8 Å². The lowest BCUT2D eigenvalue weighted by Crippen LogP contribution is -2.13. The fraction of sp³-hybridized carbons (Fsp3) is 0.238. The Morgan fingerprint density at radius 3 is 2.61 bits per heavy atom. The molecule has 0 radical (unpaired) electrons. The molecule has 3 aromatic heterocycles. The first-order valence-corrected chi connectivity index (χ1v) is 9.77. The van der Waals surface area contributed by atoms with Gasteiger partial charge < -0.3 is 4.42 Å². The normalized spacial score (nSPS) is 11.5. The molecule has 0 aliphatic rings. The molecule has 1 aromatic carbocycles. The number of furan rings is 1. The van der Waals surface area contributed by atoms with Crippen molar-refractivity contribution in [1.29, 1.82) is 0 Å². The number of carbonyl (C=O) groups excluding carboxylic acids is 1.